The molecule has 1 aromatic rings. The van der Waals surface area contributed by atoms with E-state index in [4.69, 9.17) is 0 Å². The molecule has 15 heavy (non-hydrogen) atoms. The van der Waals surface area contributed by atoms with E-state index in [1.165, 1.54) is 0 Å². The molecule has 0 spiro atoms. The summed E-state index contributed by atoms with van der Waals surface area (Å²) in [6.07, 6.45) is 0. The maximum atomic E-state index is 11.9. The predicted octanol–water partition coefficient (Wildman–Crippen LogP) is 1.80. The Bertz CT molecular complexity index is 375. The van der Waals surface area contributed by atoms with Gasteiger partial charge in [0.2, 0.25) is 0 Å². The van der Waals surface area contributed by atoms with Crippen molar-refractivity contribution in [3.63, 3.8) is 0 Å². The number of nitrogens with zero attached hydrogens (tertiary/aromatic N) is 2. The number of hydrogen-bond donors (Lipinski definition) is 1. The third-order valence-electron chi connectivity index (χ3n) is 2.72. The molecular formula is C11H15N3O. The van der Waals surface area contributed by atoms with Crippen LogP contribution in [0.4, 0.5) is 10.5 Å². The van der Waals surface area contributed by atoms with Crippen LogP contribution in [0.1, 0.15) is 13.8 Å². The zero-order valence-corrected chi connectivity index (χ0v) is 9.19. The first-order valence-electron chi connectivity index (χ1n) is 4.93. The van der Waals surface area contributed by atoms with Gasteiger partial charge >= 0.3 is 6.03 Å². The van der Waals surface area contributed by atoms with E-state index in [9.17, 15) is 4.79 Å². The van der Waals surface area contributed by atoms with Gasteiger partial charge in [0.15, 0.2) is 0 Å². The highest BCUT2D eigenvalue weighted by atomic mass is 16.2. The monoisotopic (exact) mass is 205 g/mol. The van der Waals surface area contributed by atoms with Crippen molar-refractivity contribution in [2.24, 2.45) is 0 Å². The van der Waals surface area contributed by atoms with Crippen molar-refractivity contribution >= 4 is 11.7 Å². The lowest BCUT2D eigenvalue weighted by Crippen LogP contribution is -2.46. The Labute approximate surface area is 89.5 Å². The van der Waals surface area contributed by atoms with Gasteiger partial charge in [-0.15, -0.1) is 0 Å². The number of hydrazine groups is 1. The van der Waals surface area contributed by atoms with Crippen LogP contribution < -0.4 is 10.4 Å². The van der Waals surface area contributed by atoms with Crippen LogP contribution in [0.25, 0.3) is 0 Å². The zero-order valence-electron chi connectivity index (χ0n) is 9.19. The maximum absolute atomic E-state index is 11.9. The standard InChI is InChI=1S/C11H15N3O/c1-11(2)12-14(10(15)13(11)3)9-7-5-4-6-8-9/h4-8,12H,1-3H3. The van der Waals surface area contributed by atoms with Crippen molar-refractivity contribution < 1.29 is 4.79 Å². The van der Waals surface area contributed by atoms with E-state index in [1.807, 2.05) is 44.2 Å². The molecule has 2 rings (SSSR count). The molecule has 1 aromatic carbocycles. The molecule has 1 aliphatic heterocycles. The van der Waals surface area contributed by atoms with Crippen molar-refractivity contribution in [2.45, 2.75) is 19.5 Å². The van der Waals surface area contributed by atoms with Gasteiger partial charge in [0.05, 0.1) is 5.69 Å². The van der Waals surface area contributed by atoms with Crippen LogP contribution in [-0.4, -0.2) is 23.6 Å². The molecule has 0 aromatic heterocycles. The van der Waals surface area contributed by atoms with E-state index in [2.05, 4.69) is 5.43 Å². The first-order chi connectivity index (χ1) is 7.02. The Kier molecular flexibility index (Phi) is 2.16. The van der Waals surface area contributed by atoms with Gasteiger partial charge in [-0.1, -0.05) is 18.2 Å². The zero-order chi connectivity index (χ0) is 11.1. The molecule has 1 heterocycles. The fourth-order valence-corrected chi connectivity index (χ4v) is 1.54. The van der Waals surface area contributed by atoms with E-state index < -0.39 is 0 Å². The Morgan fingerprint density at radius 1 is 1.20 bits per heavy atom. The predicted molar refractivity (Wildman–Crippen MR) is 59.3 cm³/mol. The first-order valence-corrected chi connectivity index (χ1v) is 4.93. The van der Waals surface area contributed by atoms with Gasteiger partial charge < -0.3 is 4.90 Å². The van der Waals surface area contributed by atoms with E-state index in [-0.39, 0.29) is 11.7 Å². The summed E-state index contributed by atoms with van der Waals surface area (Å²) in [5, 5.41) is 1.57. The molecule has 0 bridgehead atoms. The molecular weight excluding hydrogens is 190 g/mol. The Morgan fingerprint density at radius 3 is 2.27 bits per heavy atom. The van der Waals surface area contributed by atoms with Gasteiger partial charge in [-0.25, -0.2) is 15.2 Å². The second kappa shape index (κ2) is 3.24. The van der Waals surface area contributed by atoms with Gasteiger partial charge in [-0.2, -0.15) is 0 Å². The first kappa shape index (κ1) is 9.98. The van der Waals surface area contributed by atoms with Gasteiger partial charge in [-0.3, -0.25) is 0 Å². The van der Waals surface area contributed by atoms with Crippen molar-refractivity contribution in [2.75, 3.05) is 12.1 Å². The SMILES string of the molecule is CN1C(=O)N(c2ccccc2)NC1(C)C. The minimum atomic E-state index is -0.340. The largest absolute Gasteiger partial charge is 0.340 e. The van der Waals surface area contributed by atoms with Gasteiger partial charge in [0.1, 0.15) is 5.66 Å². The molecule has 0 aliphatic carbocycles. The van der Waals surface area contributed by atoms with Crippen LogP contribution in [0.2, 0.25) is 0 Å². The average Bonchev–Trinajstić information content (AvgIpc) is 2.44. The highest BCUT2D eigenvalue weighted by molar-refractivity contribution is 5.93. The number of rotatable bonds is 1. The fourth-order valence-electron chi connectivity index (χ4n) is 1.54. The second-order valence-corrected chi connectivity index (χ2v) is 4.18. The summed E-state index contributed by atoms with van der Waals surface area (Å²) >= 11 is 0. The number of nitrogens with one attached hydrogen (secondary N) is 1. The number of carbonyl (C=O) groups is 1. The Hall–Kier alpha value is -1.55. The quantitative estimate of drug-likeness (QED) is 0.758. The smallest absolute Gasteiger partial charge is 0.307 e. The summed E-state index contributed by atoms with van der Waals surface area (Å²) in [6.45, 7) is 3.93. The molecule has 1 N–H and O–H groups in total. The molecule has 0 radical (unpaired) electrons. The summed E-state index contributed by atoms with van der Waals surface area (Å²) in [7, 11) is 1.79. The number of urea groups is 1. The molecule has 80 valence electrons. The number of hydrogen-bond acceptors (Lipinski definition) is 2. The molecule has 4 heteroatoms. The summed E-state index contributed by atoms with van der Waals surface area (Å²) in [5.74, 6) is 0. The van der Waals surface area contributed by atoms with Crippen LogP contribution in [0, 0.1) is 0 Å². The Morgan fingerprint density at radius 2 is 1.80 bits per heavy atom. The lowest BCUT2D eigenvalue weighted by molar-refractivity contribution is 0.185. The second-order valence-electron chi connectivity index (χ2n) is 4.18. The molecule has 4 nitrogen and oxygen atoms in total. The van der Waals surface area contributed by atoms with E-state index in [1.54, 1.807) is 17.0 Å². The molecule has 2 amide bonds. The van der Waals surface area contributed by atoms with Crippen LogP contribution >= 0.6 is 0 Å². The summed E-state index contributed by atoms with van der Waals surface area (Å²) in [6, 6.07) is 9.52. The highest BCUT2D eigenvalue weighted by Crippen LogP contribution is 2.24. The number of amides is 2. The summed E-state index contributed by atoms with van der Waals surface area (Å²) < 4.78 is 0. The summed E-state index contributed by atoms with van der Waals surface area (Å²) in [5.41, 5.74) is 3.68. The van der Waals surface area contributed by atoms with Crippen LogP contribution in [0.5, 0.6) is 0 Å². The van der Waals surface area contributed by atoms with E-state index >= 15 is 0 Å². The van der Waals surface area contributed by atoms with Crippen LogP contribution in [-0.2, 0) is 0 Å². The van der Waals surface area contributed by atoms with Gasteiger partial charge in [0, 0.05) is 7.05 Å². The molecule has 0 unspecified atom stereocenters. The molecule has 1 saturated heterocycles. The minimum absolute atomic E-state index is 0.0359. The van der Waals surface area contributed by atoms with Gasteiger partial charge in [-0.05, 0) is 26.0 Å². The lowest BCUT2D eigenvalue weighted by atomic mass is 10.2. The number of carbonyl (C=O) groups excluding carboxylic acids is 1. The van der Waals surface area contributed by atoms with Crippen LogP contribution in [0.3, 0.4) is 0 Å². The van der Waals surface area contributed by atoms with Crippen molar-refractivity contribution in [3.8, 4) is 0 Å². The van der Waals surface area contributed by atoms with E-state index in [0.29, 0.717) is 0 Å². The Balaban J connectivity index is 2.31. The number of benzene rings is 1. The molecule has 0 saturated carbocycles. The van der Waals surface area contributed by atoms with Crippen molar-refractivity contribution in [3.05, 3.63) is 30.3 Å². The maximum Gasteiger partial charge on any atom is 0.340 e. The van der Waals surface area contributed by atoms with E-state index in [0.717, 1.165) is 5.69 Å². The van der Waals surface area contributed by atoms with Crippen molar-refractivity contribution in [1.82, 2.24) is 10.3 Å². The van der Waals surface area contributed by atoms with Gasteiger partial charge in [0.25, 0.3) is 0 Å². The lowest BCUT2D eigenvalue weighted by Gasteiger charge is -2.24. The third-order valence-corrected chi connectivity index (χ3v) is 2.72. The fraction of sp³-hybridized carbons (Fsp3) is 0.364. The molecule has 0 atom stereocenters. The molecule has 1 aliphatic rings. The highest BCUT2D eigenvalue weighted by Gasteiger charge is 2.40. The summed E-state index contributed by atoms with van der Waals surface area (Å²) in [4.78, 5) is 13.6. The third kappa shape index (κ3) is 1.57. The molecule has 1 fully saturated rings. The number of anilines is 1. The normalized spacial score (nSPS) is 19.8. The average molecular weight is 205 g/mol. The van der Waals surface area contributed by atoms with Crippen molar-refractivity contribution in [1.29, 1.82) is 0 Å². The topological polar surface area (TPSA) is 35.6 Å². The minimum Gasteiger partial charge on any atom is -0.307 e. The van der Waals surface area contributed by atoms with Crippen LogP contribution in [0.15, 0.2) is 30.3 Å². The number of para-hydroxylation sites is 1.